The number of hydrogen-bond acceptors (Lipinski definition) is 4. The molecule has 0 spiro atoms. The maximum atomic E-state index is 9.10. The van der Waals surface area contributed by atoms with E-state index in [0.29, 0.717) is 13.0 Å². The van der Waals surface area contributed by atoms with Gasteiger partial charge in [-0.3, -0.25) is 0 Å². The minimum absolute atomic E-state index is 0.106. The number of rotatable bonds is 5. The van der Waals surface area contributed by atoms with Crippen LogP contribution in [-0.4, -0.2) is 31.5 Å². The molecule has 0 aromatic heterocycles. The fourth-order valence-electron chi connectivity index (χ4n) is 2.51. The second-order valence-corrected chi connectivity index (χ2v) is 4.78. The molecule has 2 rings (SSSR count). The highest BCUT2D eigenvalue weighted by atomic mass is 16.5. The Balaban J connectivity index is 2.37. The molecule has 4 heteroatoms. The van der Waals surface area contributed by atoms with Crippen molar-refractivity contribution in [1.29, 1.82) is 0 Å². The summed E-state index contributed by atoms with van der Waals surface area (Å²) in [5.74, 6) is 1.87. The van der Waals surface area contributed by atoms with E-state index in [4.69, 9.17) is 20.3 Å². The lowest BCUT2D eigenvalue weighted by Crippen LogP contribution is -2.15. The largest absolute Gasteiger partial charge is 0.496 e. The summed E-state index contributed by atoms with van der Waals surface area (Å²) < 4.78 is 11.2. The Morgan fingerprint density at radius 2 is 2.33 bits per heavy atom. The van der Waals surface area contributed by atoms with Crippen molar-refractivity contribution in [2.45, 2.75) is 31.8 Å². The summed E-state index contributed by atoms with van der Waals surface area (Å²) in [6.45, 7) is 2.67. The highest BCUT2D eigenvalue weighted by Crippen LogP contribution is 2.38. The first-order valence-electron chi connectivity index (χ1n) is 6.38. The molecule has 1 aliphatic rings. The van der Waals surface area contributed by atoms with Gasteiger partial charge >= 0.3 is 0 Å². The zero-order chi connectivity index (χ0) is 13.1. The van der Waals surface area contributed by atoms with Gasteiger partial charge in [-0.2, -0.15) is 0 Å². The third-order valence-electron chi connectivity index (χ3n) is 3.45. The summed E-state index contributed by atoms with van der Waals surface area (Å²) in [5.41, 5.74) is 7.99. The van der Waals surface area contributed by atoms with Crippen molar-refractivity contribution in [3.8, 4) is 11.5 Å². The molecule has 0 saturated carbocycles. The lowest BCUT2D eigenvalue weighted by Gasteiger charge is -2.18. The van der Waals surface area contributed by atoms with Crippen LogP contribution in [0.2, 0.25) is 0 Å². The standard InChI is InChI=1S/C14H21NO3/c1-9-5-11-6-14(17-2)12(7-13(11)18-9)10(8-15)3-4-16/h6-7,9-10,16H,3-5,8,15H2,1-2H3. The molecule has 0 amide bonds. The molecule has 0 aliphatic carbocycles. The highest BCUT2D eigenvalue weighted by Gasteiger charge is 2.24. The van der Waals surface area contributed by atoms with E-state index in [1.807, 2.05) is 12.1 Å². The molecule has 0 fully saturated rings. The fourth-order valence-corrected chi connectivity index (χ4v) is 2.51. The predicted octanol–water partition coefficient (Wildman–Crippen LogP) is 1.44. The number of aliphatic hydroxyl groups is 1. The SMILES string of the molecule is COc1cc2c(cc1C(CN)CCO)OC(C)C2. The van der Waals surface area contributed by atoms with Crippen molar-refractivity contribution < 1.29 is 14.6 Å². The van der Waals surface area contributed by atoms with Gasteiger partial charge in [0.15, 0.2) is 0 Å². The molecule has 1 aromatic rings. The number of hydrogen-bond donors (Lipinski definition) is 2. The number of aliphatic hydroxyl groups excluding tert-OH is 1. The molecule has 2 atom stereocenters. The second-order valence-electron chi connectivity index (χ2n) is 4.78. The molecule has 2 unspecified atom stereocenters. The van der Waals surface area contributed by atoms with Crippen molar-refractivity contribution in [2.75, 3.05) is 20.3 Å². The van der Waals surface area contributed by atoms with Gasteiger partial charge in [0, 0.05) is 30.1 Å². The van der Waals surface area contributed by atoms with E-state index in [1.165, 1.54) is 5.56 Å². The molecule has 3 N–H and O–H groups in total. The summed E-state index contributed by atoms with van der Waals surface area (Å²) in [5, 5.41) is 9.10. The number of fused-ring (bicyclic) bond motifs is 1. The van der Waals surface area contributed by atoms with Crippen molar-refractivity contribution >= 4 is 0 Å². The van der Waals surface area contributed by atoms with E-state index in [2.05, 4.69) is 6.92 Å². The number of nitrogens with two attached hydrogens (primary N) is 1. The number of methoxy groups -OCH3 is 1. The predicted molar refractivity (Wildman–Crippen MR) is 70.3 cm³/mol. The minimum Gasteiger partial charge on any atom is -0.496 e. The van der Waals surface area contributed by atoms with Crippen LogP contribution in [0.1, 0.15) is 30.4 Å². The zero-order valence-corrected chi connectivity index (χ0v) is 11.0. The maximum Gasteiger partial charge on any atom is 0.123 e. The van der Waals surface area contributed by atoms with Crippen LogP contribution in [0.4, 0.5) is 0 Å². The van der Waals surface area contributed by atoms with Gasteiger partial charge in [-0.05, 0) is 32.0 Å². The molecule has 0 saturated heterocycles. The molecule has 1 aromatic carbocycles. The van der Waals surface area contributed by atoms with E-state index in [-0.39, 0.29) is 18.6 Å². The van der Waals surface area contributed by atoms with Gasteiger partial charge < -0.3 is 20.3 Å². The van der Waals surface area contributed by atoms with Gasteiger partial charge in [0.25, 0.3) is 0 Å². The average Bonchev–Trinajstić information content (AvgIpc) is 2.73. The van der Waals surface area contributed by atoms with Crippen molar-refractivity contribution in [3.05, 3.63) is 23.3 Å². The molecule has 1 heterocycles. The van der Waals surface area contributed by atoms with Gasteiger partial charge in [-0.1, -0.05) is 0 Å². The maximum absolute atomic E-state index is 9.10. The van der Waals surface area contributed by atoms with Crippen LogP contribution in [0.25, 0.3) is 0 Å². The van der Waals surface area contributed by atoms with Crippen LogP contribution >= 0.6 is 0 Å². The van der Waals surface area contributed by atoms with E-state index in [9.17, 15) is 0 Å². The third kappa shape index (κ3) is 2.44. The Hall–Kier alpha value is -1.26. The van der Waals surface area contributed by atoms with Crippen molar-refractivity contribution in [2.24, 2.45) is 5.73 Å². The lowest BCUT2D eigenvalue weighted by atomic mass is 9.93. The number of ether oxygens (including phenoxy) is 2. The Kier molecular flexibility index (Phi) is 4.09. The van der Waals surface area contributed by atoms with E-state index >= 15 is 0 Å². The van der Waals surface area contributed by atoms with Gasteiger partial charge in [0.05, 0.1) is 7.11 Å². The molecular weight excluding hydrogens is 230 g/mol. The molecule has 4 nitrogen and oxygen atoms in total. The zero-order valence-electron chi connectivity index (χ0n) is 11.0. The minimum atomic E-state index is 0.106. The summed E-state index contributed by atoms with van der Waals surface area (Å²) in [4.78, 5) is 0. The van der Waals surface area contributed by atoms with Crippen LogP contribution in [0.5, 0.6) is 11.5 Å². The van der Waals surface area contributed by atoms with E-state index < -0.39 is 0 Å². The summed E-state index contributed by atoms with van der Waals surface area (Å²) in [7, 11) is 1.66. The lowest BCUT2D eigenvalue weighted by molar-refractivity contribution is 0.253. The van der Waals surface area contributed by atoms with Crippen LogP contribution in [0, 0.1) is 0 Å². The Bertz CT molecular complexity index is 420. The molecule has 0 bridgehead atoms. The highest BCUT2D eigenvalue weighted by molar-refractivity contribution is 5.50. The van der Waals surface area contributed by atoms with Crippen LogP contribution < -0.4 is 15.2 Å². The first kappa shape index (κ1) is 13.2. The quantitative estimate of drug-likeness (QED) is 0.831. The Morgan fingerprint density at radius 1 is 1.56 bits per heavy atom. The number of benzene rings is 1. The topological polar surface area (TPSA) is 64.7 Å². The van der Waals surface area contributed by atoms with Crippen molar-refractivity contribution in [3.63, 3.8) is 0 Å². The Labute approximate surface area is 108 Å². The molecule has 18 heavy (non-hydrogen) atoms. The molecule has 0 radical (unpaired) electrons. The summed E-state index contributed by atoms with van der Waals surface area (Å²) in [6.07, 6.45) is 1.77. The van der Waals surface area contributed by atoms with Crippen LogP contribution in [0.15, 0.2) is 12.1 Å². The third-order valence-corrected chi connectivity index (χ3v) is 3.45. The second kappa shape index (κ2) is 5.59. The average molecular weight is 251 g/mol. The van der Waals surface area contributed by atoms with E-state index in [1.54, 1.807) is 7.11 Å². The Morgan fingerprint density at radius 3 is 2.94 bits per heavy atom. The first-order chi connectivity index (χ1) is 8.69. The molecular formula is C14H21NO3. The van der Waals surface area contributed by atoms with Crippen molar-refractivity contribution in [1.82, 2.24) is 0 Å². The van der Waals surface area contributed by atoms with Gasteiger partial charge in [0.1, 0.15) is 17.6 Å². The summed E-state index contributed by atoms with van der Waals surface area (Å²) in [6, 6.07) is 4.05. The summed E-state index contributed by atoms with van der Waals surface area (Å²) >= 11 is 0. The smallest absolute Gasteiger partial charge is 0.123 e. The van der Waals surface area contributed by atoms with Crippen LogP contribution in [0.3, 0.4) is 0 Å². The van der Waals surface area contributed by atoms with E-state index in [0.717, 1.165) is 23.5 Å². The normalized spacial score (nSPS) is 19.2. The monoisotopic (exact) mass is 251 g/mol. The first-order valence-corrected chi connectivity index (χ1v) is 6.38. The fraction of sp³-hybridized carbons (Fsp3) is 0.571. The van der Waals surface area contributed by atoms with Gasteiger partial charge in [-0.15, -0.1) is 0 Å². The van der Waals surface area contributed by atoms with Gasteiger partial charge in [0.2, 0.25) is 0 Å². The molecule has 100 valence electrons. The molecule has 1 aliphatic heterocycles. The van der Waals surface area contributed by atoms with Gasteiger partial charge in [-0.25, -0.2) is 0 Å². The van der Waals surface area contributed by atoms with Crippen LogP contribution in [-0.2, 0) is 6.42 Å².